The number of carbonyl (C=O) groups is 1. The first-order chi connectivity index (χ1) is 8.96. The molecule has 0 unspecified atom stereocenters. The molecule has 0 aromatic rings. The molecule has 0 aromatic carbocycles. The van der Waals surface area contributed by atoms with Gasteiger partial charge >= 0.3 is 6.09 Å². The van der Waals surface area contributed by atoms with Crippen LogP contribution in [0.3, 0.4) is 0 Å². The van der Waals surface area contributed by atoms with Crippen molar-refractivity contribution < 1.29 is 19.0 Å². The van der Waals surface area contributed by atoms with Crippen LogP contribution >= 0.6 is 0 Å². The summed E-state index contributed by atoms with van der Waals surface area (Å²) >= 11 is 0. The lowest BCUT2D eigenvalue weighted by atomic mass is 10.0. The number of ether oxygens (including phenoxy) is 3. The van der Waals surface area contributed by atoms with Crippen molar-refractivity contribution in [3.05, 3.63) is 0 Å². The summed E-state index contributed by atoms with van der Waals surface area (Å²) in [6.07, 6.45) is 0.367. The van der Waals surface area contributed by atoms with Crippen molar-refractivity contribution in [3.63, 3.8) is 0 Å². The van der Waals surface area contributed by atoms with Crippen LogP contribution in [0.25, 0.3) is 0 Å². The van der Waals surface area contributed by atoms with Crippen LogP contribution in [-0.4, -0.2) is 47.7 Å². The van der Waals surface area contributed by atoms with E-state index in [-0.39, 0.29) is 17.2 Å². The van der Waals surface area contributed by atoms with Crippen molar-refractivity contribution in [2.75, 3.05) is 19.8 Å². The second-order valence-corrected chi connectivity index (χ2v) is 7.31. The average Bonchev–Trinajstić information content (AvgIpc) is 2.45. The lowest BCUT2D eigenvalue weighted by molar-refractivity contribution is -0.0541. The van der Waals surface area contributed by atoms with Gasteiger partial charge in [-0.15, -0.1) is 0 Å². The van der Waals surface area contributed by atoms with Gasteiger partial charge in [0.15, 0.2) is 0 Å². The molecule has 0 radical (unpaired) electrons. The molecule has 1 fully saturated rings. The highest BCUT2D eigenvalue weighted by Crippen LogP contribution is 2.34. The zero-order chi connectivity index (χ0) is 15.6. The van der Waals surface area contributed by atoms with Gasteiger partial charge in [-0.1, -0.05) is 0 Å². The summed E-state index contributed by atoms with van der Waals surface area (Å²) in [5, 5.41) is 0. The third-order valence-corrected chi connectivity index (χ3v) is 3.15. The minimum atomic E-state index is -0.623. The first-order valence-corrected chi connectivity index (χ1v) is 7.21. The molecule has 1 aliphatic rings. The van der Waals surface area contributed by atoms with Gasteiger partial charge in [0.25, 0.3) is 0 Å². The molecule has 0 atom stereocenters. The van der Waals surface area contributed by atoms with E-state index in [0.717, 1.165) is 0 Å². The van der Waals surface area contributed by atoms with Crippen LogP contribution in [0.5, 0.6) is 0 Å². The van der Waals surface area contributed by atoms with Crippen molar-refractivity contribution in [2.45, 2.75) is 71.8 Å². The van der Waals surface area contributed by atoms with E-state index in [9.17, 15) is 4.79 Å². The molecule has 0 bridgehead atoms. The Morgan fingerprint density at radius 2 is 1.80 bits per heavy atom. The van der Waals surface area contributed by atoms with Crippen LogP contribution in [0, 0.1) is 0 Å². The smallest absolute Gasteiger partial charge is 0.412 e. The van der Waals surface area contributed by atoms with Crippen LogP contribution in [-0.2, 0) is 14.2 Å². The van der Waals surface area contributed by atoms with Crippen LogP contribution in [0.1, 0.15) is 54.9 Å². The molecule has 20 heavy (non-hydrogen) atoms. The Balaban J connectivity index is 2.39. The van der Waals surface area contributed by atoms with Crippen LogP contribution < -0.4 is 0 Å². The number of rotatable bonds is 4. The highest BCUT2D eigenvalue weighted by molar-refractivity contribution is 5.69. The molecule has 1 heterocycles. The molecule has 5 nitrogen and oxygen atoms in total. The molecule has 5 heteroatoms. The van der Waals surface area contributed by atoms with Gasteiger partial charge in [0.1, 0.15) is 5.72 Å². The summed E-state index contributed by atoms with van der Waals surface area (Å²) in [7, 11) is 0. The Morgan fingerprint density at radius 3 is 2.25 bits per heavy atom. The Labute approximate surface area is 122 Å². The van der Waals surface area contributed by atoms with Gasteiger partial charge in [-0.2, -0.15) is 0 Å². The molecule has 0 aromatic heterocycles. The van der Waals surface area contributed by atoms with Crippen molar-refractivity contribution in [1.82, 2.24) is 4.90 Å². The molecular weight excluding hydrogens is 258 g/mol. The maximum atomic E-state index is 12.2. The van der Waals surface area contributed by atoms with Crippen molar-refractivity contribution >= 4 is 6.09 Å². The Kier molecular flexibility index (Phi) is 5.08. The van der Waals surface area contributed by atoms with E-state index in [2.05, 4.69) is 0 Å². The molecule has 0 saturated carbocycles. The third kappa shape index (κ3) is 4.63. The molecule has 0 N–H and O–H groups in total. The summed E-state index contributed by atoms with van der Waals surface area (Å²) in [6.45, 7) is 15.2. The Hall–Kier alpha value is -0.810. The van der Waals surface area contributed by atoms with Crippen LogP contribution in [0.4, 0.5) is 4.79 Å². The minimum absolute atomic E-state index is 0.156. The standard InChI is InChI=1S/C15H29NO4/c1-13(2,3)19-10-8-9-18-12(17)16-14(4,5)11-20-15(16,6)7/h8-11H2,1-7H3. The third-order valence-electron chi connectivity index (χ3n) is 3.15. The number of amides is 1. The first-order valence-electron chi connectivity index (χ1n) is 7.21. The topological polar surface area (TPSA) is 48.0 Å². The van der Waals surface area contributed by atoms with Crippen molar-refractivity contribution in [3.8, 4) is 0 Å². The number of hydrogen-bond donors (Lipinski definition) is 0. The van der Waals surface area contributed by atoms with Gasteiger partial charge < -0.3 is 14.2 Å². The van der Waals surface area contributed by atoms with Crippen LogP contribution in [0.2, 0.25) is 0 Å². The molecule has 1 rings (SSSR count). The van der Waals surface area contributed by atoms with E-state index in [0.29, 0.717) is 26.2 Å². The van der Waals surface area contributed by atoms with Gasteiger partial charge in [0.05, 0.1) is 31.0 Å². The highest BCUT2D eigenvalue weighted by Gasteiger charge is 2.49. The average molecular weight is 287 g/mol. The maximum Gasteiger partial charge on any atom is 0.412 e. The molecule has 1 aliphatic heterocycles. The predicted molar refractivity (Wildman–Crippen MR) is 77.6 cm³/mol. The van der Waals surface area contributed by atoms with E-state index in [1.54, 1.807) is 4.90 Å². The fourth-order valence-corrected chi connectivity index (χ4v) is 2.34. The zero-order valence-electron chi connectivity index (χ0n) is 13.9. The van der Waals surface area contributed by atoms with Gasteiger partial charge in [-0.3, -0.25) is 4.90 Å². The summed E-state index contributed by atoms with van der Waals surface area (Å²) in [4.78, 5) is 13.9. The second-order valence-electron chi connectivity index (χ2n) is 7.31. The fourth-order valence-electron chi connectivity index (χ4n) is 2.34. The SMILES string of the molecule is CC(C)(C)OCCCOC(=O)N1C(C)(C)COC1(C)C. The van der Waals surface area contributed by atoms with E-state index in [1.807, 2.05) is 48.5 Å². The molecule has 1 saturated heterocycles. The quantitative estimate of drug-likeness (QED) is 0.745. The summed E-state index contributed by atoms with van der Waals surface area (Å²) in [5.74, 6) is 0. The second kappa shape index (κ2) is 5.90. The molecule has 118 valence electrons. The lowest BCUT2D eigenvalue weighted by Gasteiger charge is -2.36. The molecular formula is C15H29NO4. The minimum Gasteiger partial charge on any atom is -0.449 e. The van der Waals surface area contributed by atoms with Crippen molar-refractivity contribution in [1.29, 1.82) is 0 Å². The summed E-state index contributed by atoms with van der Waals surface area (Å²) < 4.78 is 16.6. The largest absolute Gasteiger partial charge is 0.449 e. The summed E-state index contributed by atoms with van der Waals surface area (Å²) in [6, 6.07) is 0. The van der Waals surface area contributed by atoms with Gasteiger partial charge in [-0.05, 0) is 48.5 Å². The Bertz CT molecular complexity index is 328. The normalized spacial score (nSPS) is 21.1. The Morgan fingerprint density at radius 1 is 1.20 bits per heavy atom. The van der Waals surface area contributed by atoms with E-state index in [4.69, 9.17) is 14.2 Å². The lowest BCUT2D eigenvalue weighted by Crippen LogP contribution is -2.52. The number of nitrogens with zero attached hydrogens (tertiary/aromatic N) is 1. The van der Waals surface area contributed by atoms with Gasteiger partial charge in [0, 0.05) is 6.42 Å². The van der Waals surface area contributed by atoms with E-state index < -0.39 is 5.72 Å². The number of hydrogen-bond acceptors (Lipinski definition) is 4. The van der Waals surface area contributed by atoms with Crippen molar-refractivity contribution in [2.24, 2.45) is 0 Å². The van der Waals surface area contributed by atoms with E-state index in [1.165, 1.54) is 0 Å². The highest BCUT2D eigenvalue weighted by atomic mass is 16.6. The van der Waals surface area contributed by atoms with Gasteiger partial charge in [-0.25, -0.2) is 4.79 Å². The van der Waals surface area contributed by atoms with E-state index >= 15 is 0 Å². The zero-order valence-corrected chi connectivity index (χ0v) is 13.9. The number of carbonyl (C=O) groups excluding carboxylic acids is 1. The molecule has 0 aliphatic carbocycles. The maximum absolute atomic E-state index is 12.2. The fraction of sp³-hybridized carbons (Fsp3) is 0.933. The monoisotopic (exact) mass is 287 g/mol. The first kappa shape index (κ1) is 17.2. The summed E-state index contributed by atoms with van der Waals surface area (Å²) in [5.41, 5.74) is -1.12. The molecule has 0 spiro atoms. The van der Waals surface area contributed by atoms with Crippen LogP contribution in [0.15, 0.2) is 0 Å². The van der Waals surface area contributed by atoms with Gasteiger partial charge in [0.2, 0.25) is 0 Å². The predicted octanol–water partition coefficient (Wildman–Crippen LogP) is 3.18. The molecule has 1 amide bonds.